The second-order valence-electron chi connectivity index (χ2n) is 7.34. The average molecular weight is 446 g/mol. The molecule has 0 saturated heterocycles. The highest BCUT2D eigenvalue weighted by Gasteiger charge is 2.34. The summed E-state index contributed by atoms with van der Waals surface area (Å²) in [5.74, 6) is -2.00. The third-order valence-electron chi connectivity index (χ3n) is 5.28. The molecule has 0 bridgehead atoms. The molecule has 0 aromatic heterocycles. The Kier molecular flexibility index (Phi) is 6.94. The number of carbonyl (C=O) groups is 3. The number of nitriles is 1. The number of methoxy groups -OCH3 is 2. The van der Waals surface area contributed by atoms with Crippen molar-refractivity contribution in [3.8, 4) is 11.8 Å². The van der Waals surface area contributed by atoms with Crippen LogP contribution in [0, 0.1) is 11.3 Å². The van der Waals surface area contributed by atoms with E-state index < -0.39 is 17.5 Å². The number of Topliss-reactive ketones (excluding diaryl/α,β-unsaturated/α-hetero) is 2. The number of allylic oxidation sites excluding steroid dienone is 2. The third-order valence-corrected chi connectivity index (χ3v) is 5.28. The molecule has 8 heteroatoms. The predicted molar refractivity (Wildman–Crippen MR) is 119 cm³/mol. The standard InChI is InChI=1S/C25H22N2O6/c1-14-18(22(30)24(33-3)23(32-2)21(14)29)12-16-6-9-20(28)19(13-16)25(31)27-17-7-4-15(5-8-17)10-11-26/h4-9,13,28H,10,12H2,1-3H3,(H,27,31). The first-order valence-electron chi connectivity index (χ1n) is 10.0. The molecule has 33 heavy (non-hydrogen) atoms. The number of nitrogens with zero attached hydrogens (tertiary/aromatic N) is 1. The Labute approximate surface area is 190 Å². The molecule has 2 N–H and O–H groups in total. The zero-order valence-electron chi connectivity index (χ0n) is 18.4. The number of ether oxygens (including phenoxy) is 2. The Balaban J connectivity index is 1.85. The Morgan fingerprint density at radius 2 is 1.61 bits per heavy atom. The molecular formula is C25H22N2O6. The first-order chi connectivity index (χ1) is 15.8. The number of phenolic OH excluding ortho intramolecular Hbond substituents is 1. The van der Waals surface area contributed by atoms with Crippen LogP contribution in [0.15, 0.2) is 65.1 Å². The van der Waals surface area contributed by atoms with Crippen LogP contribution in [0.2, 0.25) is 0 Å². The molecule has 1 aliphatic carbocycles. The Morgan fingerprint density at radius 3 is 2.21 bits per heavy atom. The summed E-state index contributed by atoms with van der Waals surface area (Å²) in [7, 11) is 2.58. The van der Waals surface area contributed by atoms with Gasteiger partial charge < -0.3 is 19.9 Å². The van der Waals surface area contributed by atoms with Crippen molar-refractivity contribution in [3.05, 3.63) is 81.8 Å². The quantitative estimate of drug-likeness (QED) is 0.626. The van der Waals surface area contributed by atoms with Crippen LogP contribution >= 0.6 is 0 Å². The molecule has 0 atom stereocenters. The van der Waals surface area contributed by atoms with Crippen LogP contribution in [0.4, 0.5) is 5.69 Å². The summed E-state index contributed by atoms with van der Waals surface area (Å²) >= 11 is 0. The van der Waals surface area contributed by atoms with Gasteiger partial charge >= 0.3 is 0 Å². The summed E-state index contributed by atoms with van der Waals surface area (Å²) in [6.45, 7) is 1.53. The second-order valence-corrected chi connectivity index (χ2v) is 7.34. The number of carbonyl (C=O) groups excluding carboxylic acids is 3. The Bertz CT molecular complexity index is 1230. The van der Waals surface area contributed by atoms with Crippen molar-refractivity contribution in [2.45, 2.75) is 19.8 Å². The fourth-order valence-electron chi connectivity index (χ4n) is 3.48. The molecule has 1 aliphatic rings. The summed E-state index contributed by atoms with van der Waals surface area (Å²) in [5.41, 5.74) is 2.34. The van der Waals surface area contributed by atoms with Crippen LogP contribution in [0.3, 0.4) is 0 Å². The molecule has 0 saturated carbocycles. The van der Waals surface area contributed by atoms with Crippen LogP contribution in [0.5, 0.6) is 5.75 Å². The number of benzene rings is 2. The molecule has 3 rings (SSSR count). The van der Waals surface area contributed by atoms with Crippen LogP contribution < -0.4 is 5.32 Å². The van der Waals surface area contributed by atoms with E-state index in [0.717, 1.165) is 5.56 Å². The highest BCUT2D eigenvalue weighted by Crippen LogP contribution is 2.29. The van der Waals surface area contributed by atoms with Gasteiger partial charge in [-0.15, -0.1) is 0 Å². The van der Waals surface area contributed by atoms with Crippen molar-refractivity contribution in [2.24, 2.45) is 0 Å². The van der Waals surface area contributed by atoms with E-state index in [1.54, 1.807) is 30.3 Å². The summed E-state index contributed by atoms with van der Waals surface area (Å²) in [5, 5.41) is 21.7. The number of hydrogen-bond donors (Lipinski definition) is 2. The lowest BCUT2D eigenvalue weighted by atomic mass is 9.88. The SMILES string of the molecule is COC1=C(OC)C(=O)C(Cc2ccc(O)c(C(=O)Nc3ccc(CC#N)cc3)c2)=C(C)C1=O. The van der Waals surface area contributed by atoms with E-state index in [-0.39, 0.29) is 46.8 Å². The molecule has 0 fully saturated rings. The second kappa shape index (κ2) is 9.83. The molecule has 0 aliphatic heterocycles. The lowest BCUT2D eigenvalue weighted by molar-refractivity contribution is -0.121. The first-order valence-corrected chi connectivity index (χ1v) is 10.0. The molecule has 168 valence electrons. The van der Waals surface area contributed by atoms with Crippen LogP contribution in [0.25, 0.3) is 0 Å². The van der Waals surface area contributed by atoms with E-state index in [1.807, 2.05) is 0 Å². The topological polar surface area (TPSA) is 126 Å². The molecule has 8 nitrogen and oxygen atoms in total. The zero-order chi connectivity index (χ0) is 24.1. The largest absolute Gasteiger partial charge is 0.507 e. The minimum atomic E-state index is -0.543. The number of phenols is 1. The van der Waals surface area contributed by atoms with Gasteiger partial charge in [0.15, 0.2) is 0 Å². The van der Waals surface area contributed by atoms with E-state index in [9.17, 15) is 19.5 Å². The van der Waals surface area contributed by atoms with Gasteiger partial charge in [0.05, 0.1) is 32.3 Å². The number of rotatable bonds is 7. The number of hydrogen-bond acceptors (Lipinski definition) is 7. The summed E-state index contributed by atoms with van der Waals surface area (Å²) in [4.78, 5) is 38.2. The monoisotopic (exact) mass is 446 g/mol. The zero-order valence-corrected chi connectivity index (χ0v) is 18.4. The maximum atomic E-state index is 12.9. The molecule has 2 aromatic rings. The van der Waals surface area contributed by atoms with Crippen molar-refractivity contribution < 1.29 is 29.0 Å². The minimum absolute atomic E-state index is 0.0153. The fraction of sp³-hybridized carbons (Fsp3) is 0.200. The maximum Gasteiger partial charge on any atom is 0.259 e. The molecule has 2 aromatic carbocycles. The van der Waals surface area contributed by atoms with Gasteiger partial charge in [0, 0.05) is 23.3 Å². The highest BCUT2D eigenvalue weighted by molar-refractivity contribution is 6.23. The predicted octanol–water partition coefficient (Wildman–Crippen LogP) is 3.23. The van der Waals surface area contributed by atoms with Gasteiger partial charge in [0.1, 0.15) is 5.75 Å². The Hall–Kier alpha value is -4.38. The van der Waals surface area contributed by atoms with E-state index in [0.29, 0.717) is 11.3 Å². The highest BCUT2D eigenvalue weighted by atomic mass is 16.5. The van der Waals surface area contributed by atoms with Gasteiger partial charge in [0.25, 0.3) is 5.91 Å². The molecule has 0 unspecified atom stereocenters. The van der Waals surface area contributed by atoms with E-state index in [2.05, 4.69) is 11.4 Å². The van der Waals surface area contributed by atoms with Crippen molar-refractivity contribution in [2.75, 3.05) is 19.5 Å². The van der Waals surface area contributed by atoms with Gasteiger partial charge in [-0.3, -0.25) is 14.4 Å². The van der Waals surface area contributed by atoms with Gasteiger partial charge in [-0.25, -0.2) is 0 Å². The molecule has 0 spiro atoms. The number of nitrogens with one attached hydrogen (secondary N) is 1. The Morgan fingerprint density at radius 1 is 1.00 bits per heavy atom. The van der Waals surface area contributed by atoms with Crippen LogP contribution in [0.1, 0.15) is 28.4 Å². The normalized spacial score (nSPS) is 13.6. The fourth-order valence-corrected chi connectivity index (χ4v) is 3.48. The van der Waals surface area contributed by atoms with E-state index in [4.69, 9.17) is 14.7 Å². The van der Waals surface area contributed by atoms with Crippen molar-refractivity contribution >= 4 is 23.2 Å². The number of anilines is 1. The first kappa shape index (κ1) is 23.3. The lowest BCUT2D eigenvalue weighted by Gasteiger charge is -2.20. The van der Waals surface area contributed by atoms with Gasteiger partial charge in [-0.05, 0) is 42.3 Å². The molecule has 0 heterocycles. The number of aromatic hydroxyl groups is 1. The van der Waals surface area contributed by atoms with E-state index >= 15 is 0 Å². The minimum Gasteiger partial charge on any atom is -0.507 e. The third kappa shape index (κ3) is 4.77. The van der Waals surface area contributed by atoms with Gasteiger partial charge in [-0.2, -0.15) is 5.26 Å². The van der Waals surface area contributed by atoms with Crippen molar-refractivity contribution in [1.82, 2.24) is 0 Å². The van der Waals surface area contributed by atoms with Crippen LogP contribution in [-0.4, -0.2) is 36.8 Å². The maximum absolute atomic E-state index is 12.9. The van der Waals surface area contributed by atoms with Crippen molar-refractivity contribution in [3.63, 3.8) is 0 Å². The van der Waals surface area contributed by atoms with Gasteiger partial charge in [-0.1, -0.05) is 18.2 Å². The molecule has 1 amide bonds. The van der Waals surface area contributed by atoms with Crippen LogP contribution in [-0.2, 0) is 31.9 Å². The van der Waals surface area contributed by atoms with E-state index in [1.165, 1.54) is 33.3 Å². The smallest absolute Gasteiger partial charge is 0.259 e. The summed E-state index contributed by atoms with van der Waals surface area (Å²) in [6.07, 6.45) is 0.322. The van der Waals surface area contributed by atoms with Crippen molar-refractivity contribution in [1.29, 1.82) is 5.26 Å². The van der Waals surface area contributed by atoms with Gasteiger partial charge in [0.2, 0.25) is 23.1 Å². The average Bonchev–Trinajstić information content (AvgIpc) is 2.81. The number of amides is 1. The lowest BCUT2D eigenvalue weighted by Crippen LogP contribution is -2.26. The summed E-state index contributed by atoms with van der Waals surface area (Å²) < 4.78 is 10.1. The molecular weight excluding hydrogens is 424 g/mol. The summed E-state index contributed by atoms with van der Waals surface area (Å²) in [6, 6.07) is 13.2. The molecule has 0 radical (unpaired) electrons. The number of ketones is 2.